The maximum Gasteiger partial charge on any atom is 0.442 e. The van der Waals surface area contributed by atoms with Crippen LogP contribution in [0.4, 0.5) is 18.9 Å². The number of pyridine rings is 1. The summed E-state index contributed by atoms with van der Waals surface area (Å²) in [5.74, 6) is -0.956. The summed E-state index contributed by atoms with van der Waals surface area (Å²) >= 11 is 0. The van der Waals surface area contributed by atoms with Crippen molar-refractivity contribution < 1.29 is 26.4 Å². The van der Waals surface area contributed by atoms with Crippen molar-refractivity contribution in [2.75, 3.05) is 5.32 Å². The van der Waals surface area contributed by atoms with Crippen molar-refractivity contribution in [1.29, 1.82) is 0 Å². The summed E-state index contributed by atoms with van der Waals surface area (Å²) in [6.45, 7) is 0. The molecule has 30 heavy (non-hydrogen) atoms. The lowest BCUT2D eigenvalue weighted by Crippen LogP contribution is -2.34. The van der Waals surface area contributed by atoms with Gasteiger partial charge in [-0.2, -0.15) is 13.2 Å². The van der Waals surface area contributed by atoms with Gasteiger partial charge in [0.25, 0.3) is 5.91 Å². The Morgan fingerprint density at radius 3 is 2.43 bits per heavy atom. The molecular formula is C18H12F3N5O3S. The number of anilines is 1. The number of carbonyl (C=O) groups excluding carboxylic acids is 1. The average molecular weight is 435 g/mol. The highest BCUT2D eigenvalue weighted by atomic mass is 32.2. The van der Waals surface area contributed by atoms with Gasteiger partial charge >= 0.3 is 11.8 Å². The number of nitrogens with one attached hydrogen (secondary N) is 1. The van der Waals surface area contributed by atoms with Crippen LogP contribution in [0.2, 0.25) is 0 Å². The number of amides is 1. The number of halogens is 3. The molecule has 3 aromatic rings. The Morgan fingerprint density at radius 2 is 1.80 bits per heavy atom. The highest BCUT2D eigenvalue weighted by molar-refractivity contribution is 7.89. The summed E-state index contributed by atoms with van der Waals surface area (Å²) in [4.78, 5) is 15.9. The van der Waals surface area contributed by atoms with E-state index < -0.39 is 43.8 Å². The maximum atomic E-state index is 13.4. The van der Waals surface area contributed by atoms with Crippen molar-refractivity contribution in [2.45, 2.75) is 16.7 Å². The molecule has 0 atom stereocenters. The minimum absolute atomic E-state index is 0.289. The molecule has 3 N–H and O–H groups in total. The predicted molar refractivity (Wildman–Crippen MR) is 100 cm³/mol. The van der Waals surface area contributed by atoms with E-state index in [1.807, 2.05) is 0 Å². The van der Waals surface area contributed by atoms with E-state index >= 15 is 0 Å². The molecule has 0 radical (unpaired) electrons. The van der Waals surface area contributed by atoms with Crippen molar-refractivity contribution in [1.82, 2.24) is 4.98 Å². The van der Waals surface area contributed by atoms with E-state index in [0.29, 0.717) is 10.9 Å². The number of nitrogens with zero attached hydrogens (tertiary/aromatic N) is 3. The van der Waals surface area contributed by atoms with Gasteiger partial charge in [0.2, 0.25) is 10.0 Å². The smallest absolute Gasteiger partial charge is 0.322 e. The number of nitrogens with two attached hydrogens (primary N) is 1. The third-order valence-electron chi connectivity index (χ3n) is 4.48. The van der Waals surface area contributed by atoms with E-state index in [1.165, 1.54) is 6.07 Å². The Morgan fingerprint density at radius 1 is 1.07 bits per heavy atom. The number of aromatic nitrogens is 1. The van der Waals surface area contributed by atoms with Crippen molar-refractivity contribution >= 4 is 32.5 Å². The van der Waals surface area contributed by atoms with E-state index in [9.17, 15) is 26.4 Å². The molecule has 154 valence electrons. The molecule has 1 aliphatic heterocycles. The summed E-state index contributed by atoms with van der Waals surface area (Å²) in [6, 6.07) is 11.2. The van der Waals surface area contributed by atoms with Crippen LogP contribution in [0.1, 0.15) is 15.9 Å². The van der Waals surface area contributed by atoms with Gasteiger partial charge in [0, 0.05) is 22.8 Å². The van der Waals surface area contributed by atoms with E-state index in [4.69, 9.17) is 5.14 Å². The van der Waals surface area contributed by atoms with Gasteiger partial charge < -0.3 is 5.32 Å². The van der Waals surface area contributed by atoms with Crippen LogP contribution in [0.5, 0.6) is 0 Å². The Bertz CT molecular complexity index is 1320. The highest BCUT2D eigenvalue weighted by Crippen LogP contribution is 2.54. The number of rotatable bonds is 4. The van der Waals surface area contributed by atoms with Gasteiger partial charge in [-0.15, -0.1) is 10.2 Å². The van der Waals surface area contributed by atoms with Crippen LogP contribution in [0.25, 0.3) is 10.9 Å². The fraction of sp³-hybridized carbons (Fsp3) is 0.111. The van der Waals surface area contributed by atoms with Crippen LogP contribution in [-0.2, 0) is 15.7 Å². The van der Waals surface area contributed by atoms with Crippen molar-refractivity contribution in [3.63, 3.8) is 0 Å². The molecular weight excluding hydrogens is 423 g/mol. The number of hydrogen-bond donors (Lipinski definition) is 2. The number of fused-ring (bicyclic) bond motifs is 1. The molecule has 0 spiro atoms. The number of hydrogen-bond acceptors (Lipinski definition) is 6. The van der Waals surface area contributed by atoms with Crippen LogP contribution in [0.3, 0.4) is 0 Å². The second kappa shape index (κ2) is 6.57. The number of sulfonamides is 1. The fourth-order valence-electron chi connectivity index (χ4n) is 3.07. The normalized spacial score (nSPS) is 15.2. The van der Waals surface area contributed by atoms with Crippen LogP contribution in [0, 0.1) is 0 Å². The van der Waals surface area contributed by atoms with E-state index in [1.54, 1.807) is 30.5 Å². The molecule has 0 fully saturated rings. The van der Waals surface area contributed by atoms with E-state index in [-0.39, 0.29) is 5.69 Å². The van der Waals surface area contributed by atoms with Crippen molar-refractivity contribution in [2.24, 2.45) is 15.4 Å². The molecule has 0 saturated heterocycles. The van der Waals surface area contributed by atoms with Gasteiger partial charge in [-0.1, -0.05) is 18.2 Å². The first-order chi connectivity index (χ1) is 14.0. The molecule has 0 bridgehead atoms. The van der Waals surface area contributed by atoms with Crippen molar-refractivity contribution in [3.8, 4) is 0 Å². The van der Waals surface area contributed by atoms with Gasteiger partial charge in [0.1, 0.15) is 4.90 Å². The van der Waals surface area contributed by atoms with Gasteiger partial charge in [0.05, 0.1) is 11.1 Å². The van der Waals surface area contributed by atoms with Crippen LogP contribution in [0.15, 0.2) is 69.9 Å². The predicted octanol–water partition coefficient (Wildman–Crippen LogP) is 3.32. The first kappa shape index (κ1) is 19.9. The zero-order chi connectivity index (χ0) is 21.7. The van der Waals surface area contributed by atoms with Gasteiger partial charge in [-0.3, -0.25) is 9.78 Å². The van der Waals surface area contributed by atoms with Crippen LogP contribution >= 0.6 is 0 Å². The summed E-state index contributed by atoms with van der Waals surface area (Å²) in [5, 5.41) is 14.4. The number of alkyl halides is 3. The molecule has 8 nitrogen and oxygen atoms in total. The number of primary sulfonamides is 1. The fourth-order valence-corrected chi connectivity index (χ4v) is 4.06. The molecule has 12 heteroatoms. The Balaban J connectivity index is 1.78. The average Bonchev–Trinajstić information content (AvgIpc) is 3.48. The van der Waals surface area contributed by atoms with Crippen LogP contribution in [-0.4, -0.2) is 25.5 Å². The topological polar surface area (TPSA) is 127 Å². The van der Waals surface area contributed by atoms with Gasteiger partial charge in [-0.25, -0.2) is 13.6 Å². The lowest BCUT2D eigenvalue weighted by molar-refractivity contribution is -0.166. The van der Waals surface area contributed by atoms with Gasteiger partial charge in [0.15, 0.2) is 0 Å². The summed E-state index contributed by atoms with van der Waals surface area (Å²) in [5.41, 5.74) is -3.49. The highest BCUT2D eigenvalue weighted by Gasteiger charge is 2.66. The summed E-state index contributed by atoms with van der Waals surface area (Å²) < 4.78 is 64.6. The lowest BCUT2D eigenvalue weighted by Gasteiger charge is -2.19. The second-order valence-electron chi connectivity index (χ2n) is 6.46. The third kappa shape index (κ3) is 3.29. The molecule has 4 rings (SSSR count). The van der Waals surface area contributed by atoms with Gasteiger partial charge in [-0.05, 0) is 30.3 Å². The first-order valence-corrected chi connectivity index (χ1v) is 9.91. The first-order valence-electron chi connectivity index (χ1n) is 8.36. The molecule has 2 heterocycles. The van der Waals surface area contributed by atoms with E-state index in [0.717, 1.165) is 18.2 Å². The monoisotopic (exact) mass is 435 g/mol. The minimum atomic E-state index is -4.99. The standard InChI is InChI=1S/C18H12F3N5O3S/c19-18(20,21)17(25-26-17)13-5-1-4-12(15(13)30(22,28)29)16(27)24-11-6-7-14-10(9-11)3-2-8-23-14/h1-9H,(H,24,27)(H2,22,28,29). The zero-order valence-corrected chi connectivity index (χ0v) is 15.7. The van der Waals surface area contributed by atoms with Crippen LogP contribution < -0.4 is 10.5 Å². The zero-order valence-electron chi connectivity index (χ0n) is 14.9. The Kier molecular flexibility index (Phi) is 4.36. The largest absolute Gasteiger partial charge is 0.442 e. The minimum Gasteiger partial charge on any atom is -0.322 e. The molecule has 0 unspecified atom stereocenters. The molecule has 2 aromatic carbocycles. The third-order valence-corrected chi connectivity index (χ3v) is 5.48. The second-order valence-corrected chi connectivity index (χ2v) is 7.96. The molecule has 1 aliphatic rings. The molecule has 1 amide bonds. The Labute approximate surface area is 167 Å². The number of carbonyl (C=O) groups is 1. The number of benzene rings is 2. The summed E-state index contributed by atoms with van der Waals surface area (Å²) in [6.07, 6.45) is -3.40. The molecule has 0 saturated carbocycles. The maximum absolute atomic E-state index is 13.4. The molecule has 0 aliphatic carbocycles. The van der Waals surface area contributed by atoms with E-state index in [2.05, 4.69) is 20.5 Å². The Hall–Kier alpha value is -3.38. The lowest BCUT2D eigenvalue weighted by atomic mass is 9.99. The molecule has 1 aromatic heterocycles. The quantitative estimate of drug-likeness (QED) is 0.652. The SMILES string of the molecule is NS(=O)(=O)c1c(C(=O)Nc2ccc3ncccc3c2)cccc1C1(C(F)(F)F)N=N1. The summed E-state index contributed by atoms with van der Waals surface area (Å²) in [7, 11) is -4.73. The van der Waals surface area contributed by atoms with Crippen molar-refractivity contribution in [3.05, 3.63) is 65.9 Å².